The van der Waals surface area contributed by atoms with Crippen molar-refractivity contribution < 1.29 is 4.74 Å². The van der Waals surface area contributed by atoms with E-state index in [1.165, 1.54) is 16.4 Å². The van der Waals surface area contributed by atoms with Crippen LogP contribution in [0, 0.1) is 0 Å². The van der Waals surface area contributed by atoms with Gasteiger partial charge in [0.2, 0.25) is 0 Å². The van der Waals surface area contributed by atoms with E-state index in [1.54, 1.807) is 0 Å². The Morgan fingerprint density at radius 3 is 3.08 bits per heavy atom. The topological polar surface area (TPSA) is 9.23 Å². The monoisotopic (exact) mass is 274 g/mol. The smallest absolute Gasteiger partial charge is 0.122 e. The number of alkyl halides is 1. The van der Waals surface area contributed by atoms with Crippen LogP contribution in [0.3, 0.4) is 0 Å². The third kappa shape index (κ3) is 1.44. The Bertz CT molecular complexity index is 272. The average Bonchev–Trinajstić information content (AvgIpc) is 2.17. The third-order valence-corrected chi connectivity index (χ3v) is 3.33. The van der Waals surface area contributed by atoms with Crippen LogP contribution >= 0.6 is 22.6 Å². The highest BCUT2D eigenvalue weighted by Crippen LogP contribution is 2.34. The largest absolute Gasteiger partial charge is 0.493 e. The predicted molar refractivity (Wildman–Crippen MR) is 58.2 cm³/mol. The maximum Gasteiger partial charge on any atom is 0.122 e. The molecule has 0 spiro atoms. The molecule has 0 N–H and O–H groups in total. The maximum atomic E-state index is 5.55. The van der Waals surface area contributed by atoms with Gasteiger partial charge < -0.3 is 4.74 Å². The molecule has 1 nitrogen and oxygen atoms in total. The first-order chi connectivity index (χ1) is 5.92. The van der Waals surface area contributed by atoms with E-state index >= 15 is 0 Å². The molecule has 1 aromatic carbocycles. The molecule has 1 heterocycles. The highest BCUT2D eigenvalue weighted by molar-refractivity contribution is 14.1. The van der Waals surface area contributed by atoms with Crippen molar-refractivity contribution in [2.75, 3.05) is 11.0 Å². The summed E-state index contributed by atoms with van der Waals surface area (Å²) in [6.07, 6.45) is 1.17. The van der Waals surface area contributed by atoms with Crippen molar-refractivity contribution >= 4 is 22.6 Å². The van der Waals surface area contributed by atoms with Crippen LogP contribution in [0.2, 0.25) is 0 Å². The van der Waals surface area contributed by atoms with Crippen LogP contribution in [0.4, 0.5) is 0 Å². The second kappa shape index (κ2) is 3.64. The van der Waals surface area contributed by atoms with Gasteiger partial charge in [-0.25, -0.2) is 0 Å². The van der Waals surface area contributed by atoms with Gasteiger partial charge in [-0.3, -0.25) is 0 Å². The summed E-state index contributed by atoms with van der Waals surface area (Å²) in [6, 6.07) is 8.37. The minimum absolute atomic E-state index is 0.704. The number of para-hydroxylation sites is 1. The van der Waals surface area contributed by atoms with Crippen molar-refractivity contribution in [2.24, 2.45) is 0 Å². The molecule has 1 aliphatic heterocycles. The third-order valence-electron chi connectivity index (χ3n) is 2.27. The predicted octanol–water partition coefficient (Wildman–Crippen LogP) is 2.99. The van der Waals surface area contributed by atoms with Gasteiger partial charge in [0.25, 0.3) is 0 Å². The Morgan fingerprint density at radius 2 is 2.25 bits per heavy atom. The zero-order valence-corrected chi connectivity index (χ0v) is 8.95. The molecule has 0 aromatic heterocycles. The molecule has 2 heteroatoms. The fraction of sp³-hybridized carbons (Fsp3) is 0.400. The van der Waals surface area contributed by atoms with Crippen molar-refractivity contribution in [1.82, 2.24) is 0 Å². The molecular weight excluding hydrogens is 263 g/mol. The second-order valence-corrected chi connectivity index (χ2v) is 3.91. The van der Waals surface area contributed by atoms with Gasteiger partial charge in [-0.1, -0.05) is 40.8 Å². The molecule has 1 atom stereocenters. The first-order valence-corrected chi connectivity index (χ1v) is 5.72. The van der Waals surface area contributed by atoms with Crippen molar-refractivity contribution in [2.45, 2.75) is 12.3 Å². The van der Waals surface area contributed by atoms with Crippen LogP contribution in [-0.2, 0) is 0 Å². The molecule has 0 saturated carbocycles. The van der Waals surface area contributed by atoms with Gasteiger partial charge in [0, 0.05) is 4.43 Å². The molecule has 64 valence electrons. The van der Waals surface area contributed by atoms with Crippen LogP contribution < -0.4 is 4.74 Å². The van der Waals surface area contributed by atoms with Crippen molar-refractivity contribution in [1.29, 1.82) is 0 Å². The molecule has 2 rings (SSSR count). The Hall–Kier alpha value is -0.250. The SMILES string of the molecule is IC[C@@H]1CCOc2ccccc21. The Kier molecular flexibility index (Phi) is 2.54. The Balaban J connectivity index is 2.37. The summed E-state index contributed by atoms with van der Waals surface area (Å²) in [7, 11) is 0. The van der Waals surface area contributed by atoms with Crippen LogP contribution in [0.5, 0.6) is 5.75 Å². The molecule has 0 radical (unpaired) electrons. The first kappa shape index (κ1) is 8.35. The van der Waals surface area contributed by atoms with Crippen LogP contribution in [0.15, 0.2) is 24.3 Å². The van der Waals surface area contributed by atoms with Gasteiger partial charge in [0.15, 0.2) is 0 Å². The summed E-state index contributed by atoms with van der Waals surface area (Å²) in [5, 5.41) is 0. The van der Waals surface area contributed by atoms with Gasteiger partial charge in [-0.2, -0.15) is 0 Å². The highest BCUT2D eigenvalue weighted by Gasteiger charge is 2.19. The minimum Gasteiger partial charge on any atom is -0.493 e. The highest BCUT2D eigenvalue weighted by atomic mass is 127. The van der Waals surface area contributed by atoms with Gasteiger partial charge in [0.1, 0.15) is 5.75 Å². The van der Waals surface area contributed by atoms with Crippen LogP contribution in [0.25, 0.3) is 0 Å². The fourth-order valence-corrected chi connectivity index (χ4v) is 2.49. The van der Waals surface area contributed by atoms with E-state index in [1.807, 2.05) is 6.07 Å². The standard InChI is InChI=1S/C10H11IO/c11-7-8-5-6-12-10-4-2-1-3-9(8)10/h1-4,8H,5-7H2/t8-/m0/s1. The van der Waals surface area contributed by atoms with E-state index in [4.69, 9.17) is 4.74 Å². The normalized spacial score (nSPS) is 21.2. The molecule has 0 unspecified atom stereocenters. The van der Waals surface area contributed by atoms with Crippen molar-refractivity contribution in [3.63, 3.8) is 0 Å². The van der Waals surface area contributed by atoms with E-state index in [2.05, 4.69) is 40.8 Å². The lowest BCUT2D eigenvalue weighted by Gasteiger charge is -2.23. The molecule has 0 fully saturated rings. The fourth-order valence-electron chi connectivity index (χ4n) is 1.58. The molecule has 0 amide bonds. The Morgan fingerprint density at radius 1 is 1.42 bits per heavy atom. The molecule has 12 heavy (non-hydrogen) atoms. The summed E-state index contributed by atoms with van der Waals surface area (Å²) in [6.45, 7) is 0.880. The second-order valence-electron chi connectivity index (χ2n) is 3.03. The number of hydrogen-bond donors (Lipinski definition) is 0. The van der Waals surface area contributed by atoms with Crippen molar-refractivity contribution in [3.8, 4) is 5.75 Å². The summed E-state index contributed by atoms with van der Waals surface area (Å²) in [5.41, 5.74) is 1.39. The molecule has 0 aliphatic carbocycles. The zero-order valence-electron chi connectivity index (χ0n) is 6.79. The van der Waals surface area contributed by atoms with Gasteiger partial charge in [-0.15, -0.1) is 0 Å². The lowest BCUT2D eigenvalue weighted by Crippen LogP contribution is -2.14. The summed E-state index contributed by atoms with van der Waals surface area (Å²) >= 11 is 2.45. The minimum atomic E-state index is 0.704. The van der Waals surface area contributed by atoms with E-state index in [-0.39, 0.29) is 0 Å². The van der Waals surface area contributed by atoms with Gasteiger partial charge >= 0.3 is 0 Å². The number of rotatable bonds is 1. The van der Waals surface area contributed by atoms with E-state index in [0.29, 0.717) is 5.92 Å². The van der Waals surface area contributed by atoms with E-state index in [0.717, 1.165) is 12.4 Å². The number of ether oxygens (including phenoxy) is 1. The summed E-state index contributed by atoms with van der Waals surface area (Å²) in [5.74, 6) is 1.79. The van der Waals surface area contributed by atoms with E-state index in [9.17, 15) is 0 Å². The maximum absolute atomic E-state index is 5.55. The zero-order chi connectivity index (χ0) is 8.39. The Labute approximate surface area is 86.3 Å². The number of benzene rings is 1. The quantitative estimate of drug-likeness (QED) is 0.565. The van der Waals surface area contributed by atoms with E-state index < -0.39 is 0 Å². The summed E-state index contributed by atoms with van der Waals surface area (Å²) < 4.78 is 6.74. The number of hydrogen-bond acceptors (Lipinski definition) is 1. The van der Waals surface area contributed by atoms with Gasteiger partial charge in [-0.05, 0) is 24.0 Å². The molecule has 1 aliphatic rings. The molecule has 0 saturated heterocycles. The average molecular weight is 274 g/mol. The number of fused-ring (bicyclic) bond motifs is 1. The van der Waals surface area contributed by atoms with Gasteiger partial charge in [0.05, 0.1) is 6.61 Å². The van der Waals surface area contributed by atoms with Crippen molar-refractivity contribution in [3.05, 3.63) is 29.8 Å². The number of halogens is 1. The first-order valence-electron chi connectivity index (χ1n) is 4.19. The van der Waals surface area contributed by atoms with Crippen LogP contribution in [0.1, 0.15) is 17.9 Å². The lowest BCUT2D eigenvalue weighted by molar-refractivity contribution is 0.274. The van der Waals surface area contributed by atoms with Crippen LogP contribution in [-0.4, -0.2) is 11.0 Å². The molecular formula is C10H11IO. The summed E-state index contributed by atoms with van der Waals surface area (Å²) in [4.78, 5) is 0. The molecule has 0 bridgehead atoms. The molecule has 1 aromatic rings. The lowest BCUT2D eigenvalue weighted by atomic mass is 9.95.